The predicted octanol–water partition coefficient (Wildman–Crippen LogP) is 2.67. The van der Waals surface area contributed by atoms with Gasteiger partial charge in [-0.25, -0.2) is 4.98 Å². The maximum Gasteiger partial charge on any atom is 0.412 e. The van der Waals surface area contributed by atoms with E-state index in [1.807, 2.05) is 13.8 Å². The molecule has 4 nitrogen and oxygen atoms in total. The summed E-state index contributed by atoms with van der Waals surface area (Å²) >= 11 is 0. The molecular weight excluding hydrogens is 281 g/mol. The third-order valence-electron chi connectivity index (χ3n) is 3.26. The van der Waals surface area contributed by atoms with Gasteiger partial charge in [-0.3, -0.25) is 4.98 Å². The first-order valence-corrected chi connectivity index (χ1v) is 6.91. The molecule has 1 N–H and O–H groups in total. The topological polar surface area (TPSA) is 41.1 Å². The standard InChI is InChI=1S/C14H19F3N4/c1-10(2)19-8-12-7-18-9-13(20-12)21-5-3-11(4-6-21)14(15,16)17/h3,7,9-10,19H,4-6,8H2,1-2H3. The number of rotatable bonds is 4. The van der Waals surface area contributed by atoms with Crippen LogP contribution in [0.3, 0.4) is 0 Å². The van der Waals surface area contributed by atoms with E-state index in [4.69, 9.17) is 0 Å². The number of nitrogens with one attached hydrogen (secondary N) is 1. The Bertz CT molecular complexity index is 511. The Hall–Kier alpha value is -1.63. The second kappa shape index (κ2) is 6.43. The normalized spacial score (nSPS) is 16.3. The first kappa shape index (κ1) is 15.8. The lowest BCUT2D eigenvalue weighted by Crippen LogP contribution is -2.33. The van der Waals surface area contributed by atoms with Crippen LogP contribution in [-0.2, 0) is 6.54 Å². The maximum absolute atomic E-state index is 12.6. The zero-order chi connectivity index (χ0) is 15.5. The summed E-state index contributed by atoms with van der Waals surface area (Å²) in [5.74, 6) is 0.621. The molecule has 0 saturated heterocycles. The number of anilines is 1. The molecule has 116 valence electrons. The summed E-state index contributed by atoms with van der Waals surface area (Å²) in [6.07, 6.45) is 0.246. The lowest BCUT2D eigenvalue weighted by atomic mass is 10.1. The van der Waals surface area contributed by atoms with Crippen LogP contribution in [-0.4, -0.2) is 35.3 Å². The van der Waals surface area contributed by atoms with Crippen molar-refractivity contribution in [3.63, 3.8) is 0 Å². The molecular formula is C14H19F3N4. The van der Waals surface area contributed by atoms with Gasteiger partial charge in [0.05, 0.1) is 11.9 Å². The van der Waals surface area contributed by atoms with E-state index in [0.29, 0.717) is 24.9 Å². The maximum atomic E-state index is 12.6. The summed E-state index contributed by atoms with van der Waals surface area (Å²) in [4.78, 5) is 10.4. The average molecular weight is 300 g/mol. The summed E-state index contributed by atoms with van der Waals surface area (Å²) in [7, 11) is 0. The van der Waals surface area contributed by atoms with Crippen molar-refractivity contribution < 1.29 is 13.2 Å². The van der Waals surface area contributed by atoms with Crippen molar-refractivity contribution >= 4 is 5.82 Å². The zero-order valence-corrected chi connectivity index (χ0v) is 12.1. The quantitative estimate of drug-likeness (QED) is 0.868. The van der Waals surface area contributed by atoms with Crippen LogP contribution in [0.15, 0.2) is 24.0 Å². The monoisotopic (exact) mass is 300 g/mol. The van der Waals surface area contributed by atoms with Crippen molar-refractivity contribution in [2.24, 2.45) is 0 Å². The van der Waals surface area contributed by atoms with E-state index in [-0.39, 0.29) is 13.0 Å². The van der Waals surface area contributed by atoms with Crippen LogP contribution in [0.5, 0.6) is 0 Å². The van der Waals surface area contributed by atoms with Crippen molar-refractivity contribution in [3.8, 4) is 0 Å². The highest BCUT2D eigenvalue weighted by atomic mass is 19.4. The Morgan fingerprint density at radius 3 is 2.67 bits per heavy atom. The van der Waals surface area contributed by atoms with Crippen LogP contribution in [0.4, 0.5) is 19.0 Å². The second-order valence-corrected chi connectivity index (χ2v) is 5.33. The molecule has 0 atom stereocenters. The molecule has 0 bridgehead atoms. The van der Waals surface area contributed by atoms with Crippen molar-refractivity contribution in [1.29, 1.82) is 0 Å². The summed E-state index contributed by atoms with van der Waals surface area (Å²) in [5, 5.41) is 3.24. The molecule has 21 heavy (non-hydrogen) atoms. The van der Waals surface area contributed by atoms with E-state index in [2.05, 4.69) is 15.3 Å². The lowest BCUT2D eigenvalue weighted by molar-refractivity contribution is -0.0944. The minimum atomic E-state index is -4.22. The van der Waals surface area contributed by atoms with Gasteiger partial charge in [0.15, 0.2) is 0 Å². The van der Waals surface area contributed by atoms with E-state index in [0.717, 1.165) is 5.69 Å². The summed E-state index contributed by atoms with van der Waals surface area (Å²) < 4.78 is 37.8. The third kappa shape index (κ3) is 4.42. The highest BCUT2D eigenvalue weighted by Gasteiger charge is 2.34. The highest BCUT2D eigenvalue weighted by molar-refractivity contribution is 5.40. The number of aromatic nitrogens is 2. The largest absolute Gasteiger partial charge is 0.412 e. The zero-order valence-electron chi connectivity index (χ0n) is 12.1. The van der Waals surface area contributed by atoms with Gasteiger partial charge < -0.3 is 10.2 Å². The molecule has 0 aromatic carbocycles. The van der Waals surface area contributed by atoms with Gasteiger partial charge in [-0.2, -0.15) is 13.2 Å². The van der Waals surface area contributed by atoms with Crippen LogP contribution in [0.2, 0.25) is 0 Å². The van der Waals surface area contributed by atoms with E-state index < -0.39 is 11.7 Å². The van der Waals surface area contributed by atoms with Gasteiger partial charge in [0.1, 0.15) is 5.82 Å². The molecule has 2 rings (SSSR count). The van der Waals surface area contributed by atoms with Gasteiger partial charge >= 0.3 is 6.18 Å². The molecule has 0 radical (unpaired) electrons. The van der Waals surface area contributed by atoms with Gasteiger partial charge in [0.2, 0.25) is 0 Å². The fourth-order valence-electron chi connectivity index (χ4n) is 2.08. The molecule has 1 aliphatic heterocycles. The molecule has 1 aromatic heterocycles. The lowest BCUT2D eigenvalue weighted by Gasteiger charge is -2.28. The van der Waals surface area contributed by atoms with Crippen molar-refractivity contribution in [1.82, 2.24) is 15.3 Å². The van der Waals surface area contributed by atoms with Crippen LogP contribution < -0.4 is 10.2 Å². The molecule has 0 aliphatic carbocycles. The van der Waals surface area contributed by atoms with E-state index in [1.54, 1.807) is 17.3 Å². The Kier molecular flexibility index (Phi) is 4.82. The number of alkyl halides is 3. The average Bonchev–Trinajstić information content (AvgIpc) is 2.45. The third-order valence-corrected chi connectivity index (χ3v) is 3.26. The number of hydrogen-bond donors (Lipinski definition) is 1. The van der Waals surface area contributed by atoms with Crippen molar-refractivity contribution in [2.75, 3.05) is 18.0 Å². The van der Waals surface area contributed by atoms with Gasteiger partial charge in [0, 0.05) is 37.4 Å². The molecule has 1 aliphatic rings. The fraction of sp³-hybridized carbons (Fsp3) is 0.571. The first-order chi connectivity index (χ1) is 9.86. The second-order valence-electron chi connectivity index (χ2n) is 5.33. The molecule has 7 heteroatoms. The highest BCUT2D eigenvalue weighted by Crippen LogP contribution is 2.30. The Balaban J connectivity index is 2.03. The molecule has 0 fully saturated rings. The van der Waals surface area contributed by atoms with Crippen LogP contribution >= 0.6 is 0 Å². The molecule has 1 aromatic rings. The number of halogens is 3. The minimum absolute atomic E-state index is 0.0142. The predicted molar refractivity (Wildman–Crippen MR) is 75.0 cm³/mol. The Morgan fingerprint density at radius 1 is 1.33 bits per heavy atom. The van der Waals surface area contributed by atoms with Crippen LogP contribution in [0.25, 0.3) is 0 Å². The van der Waals surface area contributed by atoms with Gasteiger partial charge in [-0.15, -0.1) is 0 Å². The first-order valence-electron chi connectivity index (χ1n) is 6.91. The molecule has 0 amide bonds. The molecule has 2 heterocycles. The summed E-state index contributed by atoms with van der Waals surface area (Å²) in [6, 6.07) is 0.336. The Morgan fingerprint density at radius 2 is 2.10 bits per heavy atom. The molecule has 0 saturated carbocycles. The SMILES string of the molecule is CC(C)NCc1cncc(N2CC=C(C(F)(F)F)CC2)n1. The summed E-state index contributed by atoms with van der Waals surface area (Å²) in [6.45, 7) is 5.18. The van der Waals surface area contributed by atoms with E-state index in [1.165, 1.54) is 6.08 Å². The van der Waals surface area contributed by atoms with Crippen molar-refractivity contribution in [2.45, 2.75) is 39.0 Å². The van der Waals surface area contributed by atoms with Crippen LogP contribution in [0, 0.1) is 0 Å². The van der Waals surface area contributed by atoms with Crippen molar-refractivity contribution in [3.05, 3.63) is 29.7 Å². The van der Waals surface area contributed by atoms with E-state index >= 15 is 0 Å². The smallest absolute Gasteiger partial charge is 0.351 e. The van der Waals surface area contributed by atoms with Crippen LogP contribution in [0.1, 0.15) is 26.0 Å². The number of hydrogen-bond acceptors (Lipinski definition) is 4. The minimum Gasteiger partial charge on any atom is -0.351 e. The Labute approximate surface area is 122 Å². The number of nitrogens with zero attached hydrogens (tertiary/aromatic N) is 3. The van der Waals surface area contributed by atoms with Gasteiger partial charge in [-0.1, -0.05) is 19.9 Å². The fourth-order valence-corrected chi connectivity index (χ4v) is 2.08. The summed E-state index contributed by atoms with van der Waals surface area (Å²) in [5.41, 5.74) is 0.330. The van der Waals surface area contributed by atoms with Gasteiger partial charge in [0.25, 0.3) is 0 Å². The van der Waals surface area contributed by atoms with E-state index in [9.17, 15) is 13.2 Å². The molecule has 0 spiro atoms. The molecule has 0 unspecified atom stereocenters. The van der Waals surface area contributed by atoms with Gasteiger partial charge in [-0.05, 0) is 6.42 Å².